The van der Waals surface area contributed by atoms with E-state index in [2.05, 4.69) is 0 Å². The Morgan fingerprint density at radius 1 is 1.18 bits per heavy atom. The minimum atomic E-state index is -3.95. The molecule has 0 bridgehead atoms. The fraction of sp³-hybridized carbons (Fsp3) is 0.333. The second kappa shape index (κ2) is 11.2. The molecule has 2 aromatic carbocycles. The second-order valence-electron chi connectivity index (χ2n) is 11.1. The summed E-state index contributed by atoms with van der Waals surface area (Å²) in [5.41, 5.74) is -1.52. The third-order valence-corrected chi connectivity index (χ3v) is 10.6. The zero-order valence-electron chi connectivity index (χ0n) is 22.8. The highest BCUT2D eigenvalue weighted by Crippen LogP contribution is 2.54. The van der Waals surface area contributed by atoms with Crippen LogP contribution in [0.4, 0.5) is 14.5 Å². The number of amides is 2. The first kappa shape index (κ1) is 30.7. The van der Waals surface area contributed by atoms with Crippen molar-refractivity contribution in [2.45, 2.75) is 59.9 Å². The number of hydrogen-bond acceptors (Lipinski definition) is 6. The number of pyridine rings is 1. The van der Waals surface area contributed by atoms with Gasteiger partial charge in [0.05, 0.1) is 34.3 Å². The average Bonchev–Trinajstić information content (AvgIpc) is 3.66. The van der Waals surface area contributed by atoms with Crippen molar-refractivity contribution in [3.05, 3.63) is 79.2 Å². The van der Waals surface area contributed by atoms with Crippen molar-refractivity contribution in [1.82, 2.24) is 9.88 Å². The fourth-order valence-corrected chi connectivity index (χ4v) is 7.74. The lowest BCUT2D eigenvalue weighted by Crippen LogP contribution is -2.42. The van der Waals surface area contributed by atoms with Gasteiger partial charge in [-0.05, 0) is 78.7 Å². The Kier molecular flexibility index (Phi) is 7.85. The third-order valence-electron chi connectivity index (χ3n) is 8.39. The molecule has 3 aromatic rings. The molecule has 228 valence electrons. The number of rotatable bonds is 6. The number of phenols is 1. The standard InChI is InChI=1S/C30H23Cl3F2N4O4S/c31-17-3-1-4-18(32)25(17)44-22-13-23(30(33,34)35)37-26(41)24(22)27(42)39-14-15-11-20(21(40)12-16(15)19(39)5-9-36)38-10-2-6-29(7-8-29)28(38)43/h1,3-4,11-13,19,40H,2,5-8,10,14H2,(H,37,41)/t19-/m1/s1. The van der Waals surface area contributed by atoms with Gasteiger partial charge in [0.25, 0.3) is 11.5 Å². The number of anilines is 1. The lowest BCUT2D eigenvalue weighted by molar-refractivity contribution is -0.125. The maximum absolute atomic E-state index is 14.2. The number of benzene rings is 2. The van der Waals surface area contributed by atoms with Gasteiger partial charge in [-0.25, -0.2) is 0 Å². The Hall–Kier alpha value is -3.30. The van der Waals surface area contributed by atoms with Crippen molar-refractivity contribution >= 4 is 64.1 Å². The van der Waals surface area contributed by atoms with Crippen LogP contribution in [0.25, 0.3) is 0 Å². The minimum Gasteiger partial charge on any atom is -0.506 e. The lowest BCUT2D eigenvalue weighted by Gasteiger charge is -2.33. The Morgan fingerprint density at radius 3 is 2.52 bits per heavy atom. The van der Waals surface area contributed by atoms with Gasteiger partial charge in [-0.3, -0.25) is 14.4 Å². The number of carbonyl (C=O) groups excluding carboxylic acids is 2. The monoisotopic (exact) mass is 678 g/mol. The Morgan fingerprint density at radius 2 is 1.89 bits per heavy atom. The van der Waals surface area contributed by atoms with Crippen molar-refractivity contribution in [3.8, 4) is 11.8 Å². The first-order valence-corrected chi connectivity index (χ1v) is 15.6. The van der Waals surface area contributed by atoms with E-state index in [0.717, 1.165) is 43.5 Å². The number of phenolic OH excluding ortho intramolecular Hbond substituents is 1. The molecule has 2 amide bonds. The highest BCUT2D eigenvalue weighted by Gasteiger charge is 2.53. The van der Waals surface area contributed by atoms with Crippen molar-refractivity contribution < 1.29 is 23.5 Å². The van der Waals surface area contributed by atoms with Crippen LogP contribution >= 0.6 is 46.6 Å². The van der Waals surface area contributed by atoms with Crippen molar-refractivity contribution in [2.24, 2.45) is 5.41 Å². The first-order valence-electron chi connectivity index (χ1n) is 13.7. The molecule has 3 heterocycles. The van der Waals surface area contributed by atoms with Crippen LogP contribution in [0.5, 0.6) is 5.75 Å². The van der Waals surface area contributed by atoms with Crippen LogP contribution in [0.1, 0.15) is 65.3 Å². The van der Waals surface area contributed by atoms with E-state index in [9.17, 15) is 33.5 Å². The number of nitriles is 1. The normalized spacial score (nSPS) is 18.8. The molecule has 3 aliphatic rings. The predicted octanol–water partition coefficient (Wildman–Crippen LogP) is 7.34. The molecular weight excluding hydrogens is 657 g/mol. The van der Waals surface area contributed by atoms with E-state index in [1.54, 1.807) is 17.0 Å². The zero-order chi connectivity index (χ0) is 31.6. The molecule has 2 fully saturated rings. The van der Waals surface area contributed by atoms with Gasteiger partial charge in [-0.1, -0.05) is 41.0 Å². The number of piperidine rings is 1. The molecule has 1 aliphatic carbocycles. The van der Waals surface area contributed by atoms with E-state index in [1.165, 1.54) is 23.1 Å². The van der Waals surface area contributed by atoms with Gasteiger partial charge < -0.3 is 19.9 Å². The smallest absolute Gasteiger partial charge is 0.362 e. The number of aromatic nitrogens is 1. The summed E-state index contributed by atoms with van der Waals surface area (Å²) in [6.45, 7) is 0.375. The van der Waals surface area contributed by atoms with E-state index in [1.807, 2.05) is 11.1 Å². The first-order chi connectivity index (χ1) is 20.8. The molecule has 0 radical (unpaired) electrons. The Labute approximate surface area is 269 Å². The number of carbonyl (C=O) groups is 2. The number of alkyl halides is 3. The molecule has 1 aromatic heterocycles. The Balaban J connectivity index is 1.41. The van der Waals surface area contributed by atoms with Gasteiger partial charge in [-0.15, -0.1) is 0 Å². The quantitative estimate of drug-likeness (QED) is 0.263. The largest absolute Gasteiger partial charge is 0.506 e. The topological polar surface area (TPSA) is 117 Å². The molecule has 2 aliphatic heterocycles. The summed E-state index contributed by atoms with van der Waals surface area (Å²) >= 11 is 18.6. The van der Waals surface area contributed by atoms with Crippen LogP contribution in [0.2, 0.25) is 10.0 Å². The number of halogens is 5. The van der Waals surface area contributed by atoms with E-state index < -0.39 is 34.1 Å². The summed E-state index contributed by atoms with van der Waals surface area (Å²) < 4.78 is 28.3. The number of nitrogens with one attached hydrogen (secondary N) is 1. The van der Waals surface area contributed by atoms with Crippen molar-refractivity contribution in [1.29, 1.82) is 5.26 Å². The zero-order valence-corrected chi connectivity index (χ0v) is 25.9. The molecule has 1 spiro atoms. The van der Waals surface area contributed by atoms with Gasteiger partial charge in [0.1, 0.15) is 17.0 Å². The third kappa shape index (κ3) is 5.32. The number of hydrogen-bond donors (Lipinski definition) is 2. The Bertz CT molecular complexity index is 1800. The predicted molar refractivity (Wildman–Crippen MR) is 162 cm³/mol. The summed E-state index contributed by atoms with van der Waals surface area (Å²) in [7, 11) is 0. The van der Waals surface area contributed by atoms with Gasteiger partial charge in [0.2, 0.25) is 5.91 Å². The molecule has 1 saturated carbocycles. The maximum Gasteiger partial charge on any atom is 0.362 e. The molecular formula is C30H23Cl3F2N4O4S. The molecule has 1 atom stereocenters. The maximum atomic E-state index is 14.2. The average molecular weight is 680 g/mol. The second-order valence-corrected chi connectivity index (χ2v) is 13.4. The van der Waals surface area contributed by atoms with Gasteiger partial charge >= 0.3 is 5.38 Å². The summed E-state index contributed by atoms with van der Waals surface area (Å²) in [5.74, 6) is -1.05. The highest BCUT2D eigenvalue weighted by molar-refractivity contribution is 7.99. The van der Waals surface area contributed by atoms with Crippen LogP contribution in [-0.2, 0) is 16.7 Å². The molecule has 44 heavy (non-hydrogen) atoms. The van der Waals surface area contributed by atoms with Crippen molar-refractivity contribution in [2.75, 3.05) is 11.4 Å². The van der Waals surface area contributed by atoms with Crippen LogP contribution < -0.4 is 10.5 Å². The number of aromatic amines is 1. The number of H-pyrrole nitrogens is 1. The van der Waals surface area contributed by atoms with Crippen LogP contribution in [0.3, 0.4) is 0 Å². The summed E-state index contributed by atoms with van der Waals surface area (Å²) in [6.07, 6.45) is 3.04. The fourth-order valence-electron chi connectivity index (χ4n) is 6.00. The van der Waals surface area contributed by atoms with Crippen LogP contribution in [0.15, 0.2) is 51.0 Å². The van der Waals surface area contributed by atoms with E-state index in [0.29, 0.717) is 23.4 Å². The molecule has 0 unspecified atom stereocenters. The molecule has 6 rings (SSSR count). The van der Waals surface area contributed by atoms with Crippen LogP contribution in [0, 0.1) is 16.7 Å². The van der Waals surface area contributed by atoms with Crippen molar-refractivity contribution in [3.63, 3.8) is 0 Å². The van der Waals surface area contributed by atoms with E-state index >= 15 is 0 Å². The molecule has 14 heteroatoms. The molecule has 1 saturated heterocycles. The minimum absolute atomic E-state index is 0.0406. The molecule has 8 nitrogen and oxygen atoms in total. The van der Waals surface area contributed by atoms with Crippen LogP contribution in [-0.4, -0.2) is 33.3 Å². The van der Waals surface area contributed by atoms with E-state index in [4.69, 9.17) is 34.8 Å². The number of fused-ring (bicyclic) bond motifs is 1. The highest BCUT2D eigenvalue weighted by atomic mass is 35.5. The summed E-state index contributed by atoms with van der Waals surface area (Å²) in [4.78, 5) is 45.6. The lowest BCUT2D eigenvalue weighted by atomic mass is 9.92. The van der Waals surface area contributed by atoms with Gasteiger partial charge in [-0.2, -0.15) is 14.0 Å². The molecule has 2 N–H and O–H groups in total. The SMILES string of the molecule is N#CC[C@@H]1c2cc(O)c(N3CCCC4(CC4)C3=O)cc2CN1C(=O)c1c(Sc2c(Cl)cccc2Cl)cc(C(F)(F)Cl)[nH]c1=O. The summed E-state index contributed by atoms with van der Waals surface area (Å²) in [6, 6.07) is 9.77. The summed E-state index contributed by atoms with van der Waals surface area (Å²) in [5, 5.41) is 17.0. The number of aromatic hydroxyl groups is 1. The number of nitrogens with zero attached hydrogens (tertiary/aromatic N) is 3. The van der Waals surface area contributed by atoms with Gasteiger partial charge in [0.15, 0.2) is 0 Å². The van der Waals surface area contributed by atoms with Gasteiger partial charge in [0, 0.05) is 28.3 Å². The van der Waals surface area contributed by atoms with E-state index in [-0.39, 0.29) is 49.9 Å².